The predicted octanol–water partition coefficient (Wildman–Crippen LogP) is 3.22. The second kappa shape index (κ2) is 14.4. The van der Waals surface area contributed by atoms with Gasteiger partial charge in [0.05, 0.1) is 23.4 Å². The normalized spacial score (nSPS) is 17.1. The molecule has 11 nitrogen and oxygen atoms in total. The van der Waals surface area contributed by atoms with Crippen LogP contribution in [0.25, 0.3) is 21.6 Å². The number of hydroxylamine groups is 1. The Morgan fingerprint density at radius 2 is 1.95 bits per heavy atom. The number of aromatic nitrogens is 2. The quantitative estimate of drug-likeness (QED) is 0.0656. The zero-order valence-electron chi connectivity index (χ0n) is 23.2. The minimum absolute atomic E-state index is 0.303. The van der Waals surface area contributed by atoms with E-state index in [1.54, 1.807) is 16.8 Å². The number of hydrogen-bond donors (Lipinski definition) is 4. The molecule has 0 bridgehead atoms. The molecular weight excluding hydrogens is 560 g/mol. The number of amides is 1. The molecule has 2 aliphatic rings. The first-order chi connectivity index (χ1) is 20.0. The van der Waals surface area contributed by atoms with E-state index in [2.05, 4.69) is 38.0 Å². The van der Waals surface area contributed by atoms with Crippen molar-refractivity contribution in [1.82, 2.24) is 24.7 Å². The molecule has 1 amide bonds. The maximum absolute atomic E-state index is 11.2. The van der Waals surface area contributed by atoms with E-state index in [4.69, 9.17) is 25.6 Å². The van der Waals surface area contributed by atoms with Crippen LogP contribution in [0.3, 0.4) is 0 Å². The van der Waals surface area contributed by atoms with Crippen LogP contribution < -0.4 is 16.1 Å². The number of hydrogen-bond acceptors (Lipinski definition) is 12. The summed E-state index contributed by atoms with van der Waals surface area (Å²) in [4.78, 5) is 32.0. The van der Waals surface area contributed by atoms with Crippen LogP contribution in [0.4, 0.5) is 11.5 Å². The molecule has 2 aromatic heterocycles. The molecule has 5 rings (SSSR count). The second-order valence-electron chi connectivity index (χ2n) is 10.3. The average Bonchev–Trinajstić information content (AvgIpc) is 3.40. The number of aliphatic imine (C=N–C) groups is 1. The summed E-state index contributed by atoms with van der Waals surface area (Å²) >= 11 is 6.27. The fraction of sp³-hybridized carbons (Fsp3) is 0.500. The third-order valence-electron chi connectivity index (χ3n) is 7.36. The molecule has 2 fully saturated rings. The number of thiol groups is 1. The van der Waals surface area contributed by atoms with Crippen LogP contribution in [-0.4, -0.2) is 95.5 Å². The number of rotatable bonds is 11. The lowest BCUT2D eigenvalue weighted by Crippen LogP contribution is -2.41. The standard InChI is InChI=1S/C28H38N8O3S2/c29-23-6-4-5-21(22(23)18-30-8-3-1-2-7-25(37)33-38)27-31-24-17-20(19-34-9-11-36(40)12-10-34)41-26(24)28(32-27)35-13-15-39-16-14-35/h4-6,17-18,38,40H,1-3,7-16,19,29H2,(H,33,37). The van der Waals surface area contributed by atoms with E-state index in [0.717, 1.165) is 85.8 Å². The number of ether oxygens (including phenoxy) is 1. The number of piperazine rings is 1. The largest absolute Gasteiger partial charge is 0.398 e. The van der Waals surface area contributed by atoms with E-state index in [1.165, 1.54) is 4.88 Å². The van der Waals surface area contributed by atoms with Crippen LogP contribution in [0.1, 0.15) is 36.1 Å². The number of nitrogens with zero attached hydrogens (tertiary/aromatic N) is 6. The van der Waals surface area contributed by atoms with Gasteiger partial charge in [-0.1, -0.05) is 31.4 Å². The van der Waals surface area contributed by atoms with E-state index >= 15 is 0 Å². The molecule has 41 heavy (non-hydrogen) atoms. The van der Waals surface area contributed by atoms with Crippen molar-refractivity contribution in [2.45, 2.75) is 32.2 Å². The summed E-state index contributed by atoms with van der Waals surface area (Å²) in [6.45, 7) is 8.33. The molecule has 4 N–H and O–H groups in total. The summed E-state index contributed by atoms with van der Waals surface area (Å²) in [5.41, 5.74) is 11.3. The van der Waals surface area contributed by atoms with Gasteiger partial charge in [0, 0.05) is 86.7 Å². The monoisotopic (exact) mass is 598 g/mol. The van der Waals surface area contributed by atoms with Gasteiger partial charge in [-0.2, -0.15) is 0 Å². The summed E-state index contributed by atoms with van der Waals surface area (Å²) in [5, 5.41) is 8.61. The molecular formula is C28H38N8O3S2. The third kappa shape index (κ3) is 7.73. The summed E-state index contributed by atoms with van der Waals surface area (Å²) in [5.74, 6) is 1.22. The number of fused-ring (bicyclic) bond motifs is 1. The highest BCUT2D eigenvalue weighted by molar-refractivity contribution is 7.77. The number of nitrogens with one attached hydrogen (secondary N) is 1. The number of nitrogens with two attached hydrogens (primary N) is 1. The van der Waals surface area contributed by atoms with Gasteiger partial charge in [-0.25, -0.2) is 15.4 Å². The van der Waals surface area contributed by atoms with Crippen molar-refractivity contribution in [1.29, 1.82) is 0 Å². The SMILES string of the molecule is Nc1cccc(-c2nc(N3CCOCC3)c3sc(CN4CCN(S)CC4)cc3n2)c1C=NCCCCCC(=O)NO. The van der Waals surface area contributed by atoms with Gasteiger partial charge in [-0.05, 0) is 25.0 Å². The van der Waals surface area contributed by atoms with Crippen molar-refractivity contribution in [2.24, 2.45) is 4.99 Å². The highest BCUT2D eigenvalue weighted by Crippen LogP contribution is 2.36. The van der Waals surface area contributed by atoms with Gasteiger partial charge in [-0.15, -0.1) is 11.3 Å². The van der Waals surface area contributed by atoms with Crippen molar-refractivity contribution >= 4 is 58.0 Å². The number of anilines is 2. The number of benzene rings is 1. The molecule has 0 unspecified atom stereocenters. The third-order valence-corrected chi connectivity index (χ3v) is 8.87. The van der Waals surface area contributed by atoms with Crippen molar-refractivity contribution in [3.8, 4) is 11.4 Å². The fourth-order valence-corrected chi connectivity index (χ4v) is 6.40. The molecule has 2 saturated heterocycles. The molecule has 4 heterocycles. The minimum Gasteiger partial charge on any atom is -0.398 e. The van der Waals surface area contributed by atoms with Crippen LogP contribution in [0, 0.1) is 0 Å². The minimum atomic E-state index is -0.363. The molecule has 0 spiro atoms. The van der Waals surface area contributed by atoms with Gasteiger partial charge in [-0.3, -0.25) is 24.2 Å². The summed E-state index contributed by atoms with van der Waals surface area (Å²) < 4.78 is 8.81. The van der Waals surface area contributed by atoms with E-state index in [1.807, 2.05) is 24.4 Å². The lowest BCUT2D eigenvalue weighted by atomic mass is 10.1. The van der Waals surface area contributed by atoms with Crippen molar-refractivity contribution < 1.29 is 14.7 Å². The molecule has 0 saturated carbocycles. The molecule has 0 radical (unpaired) electrons. The van der Waals surface area contributed by atoms with Crippen LogP contribution >= 0.6 is 24.2 Å². The molecule has 2 aliphatic heterocycles. The van der Waals surface area contributed by atoms with Crippen LogP contribution in [0.2, 0.25) is 0 Å². The first-order valence-electron chi connectivity index (χ1n) is 14.1. The van der Waals surface area contributed by atoms with Crippen LogP contribution in [0.5, 0.6) is 0 Å². The molecule has 3 aromatic rings. The van der Waals surface area contributed by atoms with E-state index in [-0.39, 0.29) is 5.91 Å². The summed E-state index contributed by atoms with van der Waals surface area (Å²) in [6, 6.07) is 8.00. The number of carbonyl (C=O) groups is 1. The number of thiophene rings is 1. The molecule has 1 aromatic carbocycles. The Morgan fingerprint density at radius 3 is 2.73 bits per heavy atom. The van der Waals surface area contributed by atoms with Gasteiger partial charge >= 0.3 is 0 Å². The van der Waals surface area contributed by atoms with Crippen LogP contribution in [0.15, 0.2) is 29.3 Å². The summed E-state index contributed by atoms with van der Waals surface area (Å²) in [7, 11) is 0. The Bertz CT molecular complexity index is 1350. The van der Waals surface area contributed by atoms with E-state index in [9.17, 15) is 4.79 Å². The highest BCUT2D eigenvalue weighted by Gasteiger charge is 2.22. The second-order valence-corrected chi connectivity index (χ2v) is 12.0. The lowest BCUT2D eigenvalue weighted by Gasteiger charge is -2.31. The molecule has 0 aliphatic carbocycles. The number of unbranched alkanes of at least 4 members (excludes halogenated alkanes) is 2. The number of carbonyl (C=O) groups excluding carboxylic acids is 1. The van der Waals surface area contributed by atoms with Gasteiger partial charge in [0.2, 0.25) is 5.91 Å². The zero-order chi connectivity index (χ0) is 28.6. The Morgan fingerprint density at radius 1 is 1.15 bits per heavy atom. The Labute approximate surface area is 249 Å². The van der Waals surface area contributed by atoms with Gasteiger partial charge in [0.1, 0.15) is 0 Å². The molecule has 0 atom stereocenters. The maximum atomic E-state index is 11.2. The van der Waals surface area contributed by atoms with Crippen LogP contribution in [-0.2, 0) is 16.1 Å². The first kappa shape index (κ1) is 29.7. The number of nitrogen functional groups attached to an aromatic ring is 1. The zero-order valence-corrected chi connectivity index (χ0v) is 24.9. The van der Waals surface area contributed by atoms with Gasteiger partial charge < -0.3 is 15.4 Å². The highest BCUT2D eigenvalue weighted by atomic mass is 32.1. The fourth-order valence-electron chi connectivity index (χ4n) is 5.07. The Hall–Kier alpha value is -2.81. The topological polar surface area (TPSA) is 132 Å². The van der Waals surface area contributed by atoms with Gasteiger partial charge in [0.25, 0.3) is 0 Å². The smallest absolute Gasteiger partial charge is 0.243 e. The van der Waals surface area contributed by atoms with Crippen molar-refractivity contribution in [3.63, 3.8) is 0 Å². The van der Waals surface area contributed by atoms with E-state index in [0.29, 0.717) is 44.1 Å². The maximum Gasteiger partial charge on any atom is 0.243 e. The Balaban J connectivity index is 1.40. The van der Waals surface area contributed by atoms with Crippen molar-refractivity contribution in [2.75, 3.05) is 69.7 Å². The number of morpholine rings is 1. The first-order valence-corrected chi connectivity index (χ1v) is 15.3. The Kier molecular flexibility index (Phi) is 10.4. The molecule has 220 valence electrons. The lowest BCUT2D eigenvalue weighted by molar-refractivity contribution is -0.129. The van der Waals surface area contributed by atoms with Crippen molar-refractivity contribution in [3.05, 3.63) is 34.7 Å². The van der Waals surface area contributed by atoms with Gasteiger partial charge in [0.15, 0.2) is 11.6 Å². The molecule has 13 heteroatoms. The van der Waals surface area contributed by atoms with E-state index < -0.39 is 0 Å². The predicted molar refractivity (Wildman–Crippen MR) is 167 cm³/mol. The average molecular weight is 599 g/mol. The summed E-state index contributed by atoms with van der Waals surface area (Å²) in [6.07, 6.45) is 4.49.